The second-order valence-corrected chi connectivity index (χ2v) is 7.00. The number of nitrogens with zero attached hydrogens (tertiary/aromatic N) is 1. The molecule has 8 N–H and O–H groups in total. The van der Waals surface area contributed by atoms with Crippen molar-refractivity contribution in [3.8, 4) is 0 Å². The van der Waals surface area contributed by atoms with Crippen LogP contribution in [0.15, 0.2) is 0 Å². The second kappa shape index (κ2) is 9.37. The van der Waals surface area contributed by atoms with Gasteiger partial charge in [0.2, 0.25) is 0 Å². The van der Waals surface area contributed by atoms with Crippen molar-refractivity contribution in [3.63, 3.8) is 0 Å². The molecule has 0 spiro atoms. The topological polar surface area (TPSA) is 225 Å². The fraction of sp³-hybridized carbons (Fsp3) is 1.00. The van der Waals surface area contributed by atoms with Crippen molar-refractivity contribution in [1.82, 2.24) is 0 Å². The van der Waals surface area contributed by atoms with Crippen LogP contribution in [0.3, 0.4) is 0 Å². The van der Waals surface area contributed by atoms with E-state index in [0.29, 0.717) is 0 Å². The monoisotopic (exact) mass is 336 g/mol. The number of nitrogens with two attached hydrogens (primary N) is 1. The van der Waals surface area contributed by atoms with Crippen LogP contribution < -0.4 is 35.3 Å². The van der Waals surface area contributed by atoms with Gasteiger partial charge in [-0.1, -0.05) is 0 Å². The minimum absolute atomic E-state index is 0. The van der Waals surface area contributed by atoms with Crippen molar-refractivity contribution in [2.45, 2.75) is 17.9 Å². The molecule has 0 aromatic heterocycles. The van der Waals surface area contributed by atoms with E-state index in [0.717, 1.165) is 0 Å². The molecule has 0 unspecified atom stereocenters. The maximum atomic E-state index is 10.7. The molecule has 0 saturated carbocycles. The molecule has 0 rings (SSSR count). The molecule has 0 radical (unpaired) electrons. The van der Waals surface area contributed by atoms with Crippen molar-refractivity contribution in [2.24, 2.45) is 5.73 Å². The van der Waals surface area contributed by atoms with Crippen LogP contribution in [0.25, 0.3) is 0 Å². The molecular weight excluding hydrogens is 321 g/mol. The minimum atomic E-state index is -5.30. The summed E-state index contributed by atoms with van der Waals surface area (Å²) in [5.74, 6) is 0. The van der Waals surface area contributed by atoms with Gasteiger partial charge < -0.3 is 37.0 Å². The SMILES string of the molecule is NCCCC(O)(P(=O)(O)O)P(=O)(O)O.O=[N+]([O-])O.[H-].[Na+]. The fourth-order valence-electron chi connectivity index (χ4n) is 0.800. The number of rotatable bonds is 5. The Balaban J connectivity index is -0.000000188. The van der Waals surface area contributed by atoms with Gasteiger partial charge in [-0.05, 0) is 13.0 Å². The van der Waals surface area contributed by atoms with Crippen LogP contribution in [0.1, 0.15) is 14.3 Å². The van der Waals surface area contributed by atoms with Crippen LogP contribution in [-0.2, 0) is 9.13 Å². The van der Waals surface area contributed by atoms with Gasteiger partial charge in [0.15, 0.2) is 0 Å². The second-order valence-electron chi connectivity index (χ2n) is 2.99. The summed E-state index contributed by atoms with van der Waals surface area (Å²) in [5, 5.41) is 19.6. The molecule has 0 aromatic rings. The first-order valence-corrected chi connectivity index (χ1v) is 7.39. The van der Waals surface area contributed by atoms with Gasteiger partial charge in [-0.15, -0.1) is 10.1 Å². The van der Waals surface area contributed by atoms with Gasteiger partial charge in [0, 0.05) is 6.42 Å². The van der Waals surface area contributed by atoms with Gasteiger partial charge in [-0.25, -0.2) is 0 Å². The molecule has 15 heteroatoms. The molecule has 0 aliphatic carbocycles. The van der Waals surface area contributed by atoms with E-state index >= 15 is 0 Å². The molecule has 0 amide bonds. The predicted octanol–water partition coefficient (Wildman–Crippen LogP) is -4.50. The summed E-state index contributed by atoms with van der Waals surface area (Å²) >= 11 is 0. The molecule has 0 bridgehead atoms. The van der Waals surface area contributed by atoms with Crippen LogP contribution in [0.5, 0.6) is 0 Å². The summed E-state index contributed by atoms with van der Waals surface area (Å²) in [7, 11) is -10.6. The number of hydrogen-bond acceptors (Lipinski definition) is 6. The van der Waals surface area contributed by atoms with Gasteiger partial charge in [-0.3, -0.25) is 9.13 Å². The van der Waals surface area contributed by atoms with Crippen LogP contribution in [0, 0.1) is 10.1 Å². The summed E-state index contributed by atoms with van der Waals surface area (Å²) in [6, 6.07) is 0. The Labute approximate surface area is 130 Å². The number of hydrogen-bond donors (Lipinski definition) is 7. The average molecular weight is 336 g/mol. The molecule has 0 heterocycles. The summed E-state index contributed by atoms with van der Waals surface area (Å²) in [5.41, 5.74) is 5.01. The molecule has 19 heavy (non-hydrogen) atoms. The summed E-state index contributed by atoms with van der Waals surface area (Å²) in [6.07, 6.45) is -0.856. The molecular formula is C4H15N2NaO10P2. The van der Waals surface area contributed by atoms with Gasteiger partial charge in [0.1, 0.15) is 0 Å². The van der Waals surface area contributed by atoms with E-state index in [1.807, 2.05) is 0 Å². The average Bonchev–Trinajstić information content (AvgIpc) is 2.09. The van der Waals surface area contributed by atoms with E-state index in [4.69, 9.17) is 40.6 Å². The third-order valence-corrected chi connectivity index (χ3v) is 5.53. The zero-order valence-corrected chi connectivity index (χ0v) is 13.6. The third-order valence-electron chi connectivity index (χ3n) is 1.65. The predicted molar refractivity (Wildman–Crippen MR) is 57.2 cm³/mol. The van der Waals surface area contributed by atoms with E-state index < -0.39 is 31.8 Å². The molecule has 112 valence electrons. The quantitative estimate of drug-likeness (QED) is 0.109. The van der Waals surface area contributed by atoms with E-state index in [1.54, 1.807) is 0 Å². The fourth-order valence-corrected chi connectivity index (χ4v) is 3.06. The summed E-state index contributed by atoms with van der Waals surface area (Å²) in [6.45, 7) is -0.0394. The Morgan fingerprint density at radius 2 is 1.47 bits per heavy atom. The first-order valence-electron chi connectivity index (χ1n) is 4.16. The first kappa shape index (κ1) is 24.4. The Kier molecular flexibility index (Phi) is 12.1. The van der Waals surface area contributed by atoms with Crippen LogP contribution in [0.4, 0.5) is 0 Å². The Hall–Kier alpha value is 0.420. The Morgan fingerprint density at radius 1 is 1.21 bits per heavy atom. The molecule has 0 aliphatic rings. The molecule has 0 fully saturated rings. The molecule has 12 nitrogen and oxygen atoms in total. The smallest absolute Gasteiger partial charge is 1.00 e. The van der Waals surface area contributed by atoms with Crippen molar-refractivity contribution in [2.75, 3.05) is 6.54 Å². The minimum Gasteiger partial charge on any atom is -1.00 e. The zero-order valence-electron chi connectivity index (χ0n) is 10.9. The van der Waals surface area contributed by atoms with E-state index in [1.165, 1.54) is 0 Å². The molecule has 0 aliphatic heterocycles. The van der Waals surface area contributed by atoms with Crippen molar-refractivity contribution < 1.29 is 75.1 Å². The van der Waals surface area contributed by atoms with Gasteiger partial charge in [-0.2, -0.15) is 0 Å². The van der Waals surface area contributed by atoms with E-state index in [9.17, 15) is 14.2 Å². The molecule has 0 aromatic carbocycles. The van der Waals surface area contributed by atoms with Crippen molar-refractivity contribution in [1.29, 1.82) is 0 Å². The first-order chi connectivity index (χ1) is 7.79. The number of aliphatic hydroxyl groups is 1. The standard InChI is InChI=1S/C4H13NO7P2.HNO3.Na.H/c5-3-1-2-4(6,13(7,8)9)14(10,11)12;2-1(3)4;;/h6H,1-3,5H2,(H2,7,8,9)(H2,10,11,12);(H,2,3,4);;/q;;+1;-1. The maximum absolute atomic E-state index is 10.7. The summed E-state index contributed by atoms with van der Waals surface area (Å²) in [4.78, 5) is 42.9. The van der Waals surface area contributed by atoms with Gasteiger partial charge >= 0.3 is 44.7 Å². The van der Waals surface area contributed by atoms with Gasteiger partial charge in [0.25, 0.3) is 10.2 Å². The van der Waals surface area contributed by atoms with Crippen LogP contribution in [0.2, 0.25) is 0 Å². The van der Waals surface area contributed by atoms with Crippen LogP contribution in [-0.4, -0.2) is 46.6 Å². The van der Waals surface area contributed by atoms with E-state index in [-0.39, 0.29) is 43.9 Å². The van der Waals surface area contributed by atoms with Crippen molar-refractivity contribution in [3.05, 3.63) is 10.1 Å². The molecule has 0 saturated heterocycles. The van der Waals surface area contributed by atoms with E-state index in [2.05, 4.69) is 0 Å². The molecule has 0 atom stereocenters. The Bertz CT molecular complexity index is 344. The van der Waals surface area contributed by atoms with Crippen molar-refractivity contribution >= 4 is 15.2 Å². The largest absolute Gasteiger partial charge is 1.00 e. The summed E-state index contributed by atoms with van der Waals surface area (Å²) < 4.78 is 21.4. The zero-order chi connectivity index (χ0) is 15.2. The van der Waals surface area contributed by atoms with Crippen LogP contribution >= 0.6 is 15.2 Å². The van der Waals surface area contributed by atoms with Gasteiger partial charge in [0.05, 0.1) is 0 Å². The Morgan fingerprint density at radius 3 is 1.63 bits per heavy atom. The maximum Gasteiger partial charge on any atom is 1.00 e. The normalized spacial score (nSPS) is 11.9. The third kappa shape index (κ3) is 9.05.